The van der Waals surface area contributed by atoms with E-state index < -0.39 is 11.2 Å². The lowest BCUT2D eigenvalue weighted by Crippen LogP contribution is -2.39. The maximum Gasteiger partial charge on any atom is 0.228 e. The van der Waals surface area contributed by atoms with Gasteiger partial charge in [-0.2, -0.15) is 5.26 Å². The summed E-state index contributed by atoms with van der Waals surface area (Å²) in [4.78, 5) is 13.8. The van der Waals surface area contributed by atoms with E-state index in [9.17, 15) is 9.18 Å². The number of hydrogen-bond donors (Lipinski definition) is 0. The van der Waals surface area contributed by atoms with Crippen LogP contribution in [-0.4, -0.2) is 17.4 Å². The van der Waals surface area contributed by atoms with Crippen LogP contribution < -0.4 is 0 Å². The van der Waals surface area contributed by atoms with E-state index in [1.807, 2.05) is 33.8 Å². The van der Waals surface area contributed by atoms with E-state index in [0.717, 1.165) is 0 Å². The molecule has 4 heteroatoms. The molecule has 0 bridgehead atoms. The first-order chi connectivity index (χ1) is 8.79. The van der Waals surface area contributed by atoms with Crippen molar-refractivity contribution in [1.82, 2.24) is 4.90 Å². The van der Waals surface area contributed by atoms with Gasteiger partial charge < -0.3 is 4.90 Å². The lowest BCUT2D eigenvalue weighted by molar-refractivity contribution is -0.139. The molecule has 0 aliphatic rings. The molecule has 19 heavy (non-hydrogen) atoms. The highest BCUT2D eigenvalue weighted by atomic mass is 19.1. The van der Waals surface area contributed by atoms with Gasteiger partial charge in [0.05, 0.1) is 11.6 Å². The highest BCUT2D eigenvalue weighted by molar-refractivity contribution is 5.81. The Kier molecular flexibility index (Phi) is 4.66. The van der Waals surface area contributed by atoms with Crippen LogP contribution in [0.3, 0.4) is 0 Å². The number of nitriles is 1. The van der Waals surface area contributed by atoms with Gasteiger partial charge >= 0.3 is 0 Å². The monoisotopic (exact) mass is 262 g/mol. The third kappa shape index (κ3) is 3.78. The van der Waals surface area contributed by atoms with E-state index >= 15 is 0 Å². The fourth-order valence-electron chi connectivity index (χ4n) is 1.75. The Morgan fingerprint density at radius 3 is 2.47 bits per heavy atom. The Hall–Kier alpha value is -1.89. The molecule has 0 N–H and O–H groups in total. The molecule has 0 saturated heterocycles. The second-order valence-electron chi connectivity index (χ2n) is 5.49. The van der Waals surface area contributed by atoms with E-state index in [0.29, 0.717) is 12.1 Å². The van der Waals surface area contributed by atoms with Crippen LogP contribution >= 0.6 is 0 Å². The van der Waals surface area contributed by atoms with E-state index in [1.165, 1.54) is 6.07 Å². The molecule has 0 aliphatic heterocycles. The molecule has 1 aromatic carbocycles. The molecule has 1 aromatic rings. The minimum absolute atomic E-state index is 0.0150. The van der Waals surface area contributed by atoms with Crippen LogP contribution in [-0.2, 0) is 11.3 Å². The maximum absolute atomic E-state index is 13.8. The van der Waals surface area contributed by atoms with E-state index in [4.69, 9.17) is 5.26 Å². The molecule has 0 heterocycles. The standard InChI is InChI=1S/C15H19FN2O/c1-5-18(14(19)15(2,3)4)10-12-7-6-11(9-17)8-13(12)16/h6-8H,5,10H2,1-4H3. The van der Waals surface area contributed by atoms with Gasteiger partial charge in [0, 0.05) is 24.1 Å². The Morgan fingerprint density at radius 1 is 1.42 bits per heavy atom. The molecule has 0 atom stereocenters. The SMILES string of the molecule is CCN(Cc1ccc(C#N)cc1F)C(=O)C(C)(C)C. The molecule has 102 valence electrons. The number of carbonyl (C=O) groups excluding carboxylic acids is 1. The summed E-state index contributed by atoms with van der Waals surface area (Å²) in [6.07, 6.45) is 0. The number of rotatable bonds is 3. The molecule has 1 rings (SSSR count). The topological polar surface area (TPSA) is 44.1 Å². The van der Waals surface area contributed by atoms with Gasteiger partial charge in [0.1, 0.15) is 5.82 Å². The predicted molar refractivity (Wildman–Crippen MR) is 71.7 cm³/mol. The molecule has 1 amide bonds. The molecule has 0 saturated carbocycles. The largest absolute Gasteiger partial charge is 0.338 e. The number of halogens is 1. The highest BCUT2D eigenvalue weighted by Crippen LogP contribution is 2.20. The minimum Gasteiger partial charge on any atom is -0.338 e. The first kappa shape index (κ1) is 15.2. The second kappa shape index (κ2) is 5.83. The van der Waals surface area contributed by atoms with Gasteiger partial charge in [-0.25, -0.2) is 4.39 Å². The number of carbonyl (C=O) groups is 1. The summed E-state index contributed by atoms with van der Waals surface area (Å²) < 4.78 is 13.8. The van der Waals surface area contributed by atoms with Crippen molar-refractivity contribution >= 4 is 5.91 Å². The van der Waals surface area contributed by atoms with Crippen molar-refractivity contribution in [2.75, 3.05) is 6.54 Å². The van der Waals surface area contributed by atoms with Gasteiger partial charge in [-0.3, -0.25) is 4.79 Å². The van der Waals surface area contributed by atoms with Gasteiger partial charge in [-0.05, 0) is 19.1 Å². The second-order valence-corrected chi connectivity index (χ2v) is 5.49. The smallest absolute Gasteiger partial charge is 0.228 e. The summed E-state index contributed by atoms with van der Waals surface area (Å²) in [6, 6.07) is 6.21. The lowest BCUT2D eigenvalue weighted by Gasteiger charge is -2.28. The van der Waals surface area contributed by atoms with E-state index in [1.54, 1.807) is 17.0 Å². The molecular formula is C15H19FN2O. The Balaban J connectivity index is 2.94. The van der Waals surface area contributed by atoms with Crippen LogP contribution in [0.1, 0.15) is 38.8 Å². The van der Waals surface area contributed by atoms with Crippen LogP contribution in [0.5, 0.6) is 0 Å². The average Bonchev–Trinajstić information content (AvgIpc) is 2.35. The highest BCUT2D eigenvalue weighted by Gasteiger charge is 2.26. The molecule has 0 spiro atoms. The first-order valence-corrected chi connectivity index (χ1v) is 6.27. The Morgan fingerprint density at radius 2 is 2.05 bits per heavy atom. The molecule has 0 fully saturated rings. The predicted octanol–water partition coefficient (Wildman–Crippen LogP) is 3.09. The van der Waals surface area contributed by atoms with Crippen molar-refractivity contribution in [3.8, 4) is 6.07 Å². The molecule has 0 aromatic heterocycles. The zero-order valence-electron chi connectivity index (χ0n) is 11.8. The molecule has 0 unspecified atom stereocenters. The third-order valence-corrected chi connectivity index (χ3v) is 2.85. The fourth-order valence-corrected chi connectivity index (χ4v) is 1.75. The molecule has 0 aliphatic carbocycles. The van der Waals surface area contributed by atoms with Crippen LogP contribution in [0.2, 0.25) is 0 Å². The summed E-state index contributed by atoms with van der Waals surface area (Å²) in [5.41, 5.74) is 0.226. The van der Waals surface area contributed by atoms with Gasteiger partial charge in [0.15, 0.2) is 0 Å². The van der Waals surface area contributed by atoms with Crippen LogP contribution in [0.25, 0.3) is 0 Å². The van der Waals surface area contributed by atoms with Crippen molar-refractivity contribution in [3.63, 3.8) is 0 Å². The first-order valence-electron chi connectivity index (χ1n) is 6.27. The van der Waals surface area contributed by atoms with Gasteiger partial charge in [0.25, 0.3) is 0 Å². The summed E-state index contributed by atoms with van der Waals surface area (Å²) in [6.45, 7) is 8.14. The number of hydrogen-bond acceptors (Lipinski definition) is 2. The Labute approximate surface area is 113 Å². The van der Waals surface area contributed by atoms with Gasteiger partial charge in [0.2, 0.25) is 5.91 Å². The minimum atomic E-state index is -0.487. The zero-order chi connectivity index (χ0) is 14.6. The van der Waals surface area contributed by atoms with Crippen molar-refractivity contribution in [2.45, 2.75) is 34.2 Å². The quantitative estimate of drug-likeness (QED) is 0.840. The lowest BCUT2D eigenvalue weighted by atomic mass is 9.94. The van der Waals surface area contributed by atoms with Crippen LogP contribution in [0.4, 0.5) is 4.39 Å². The number of nitrogens with zero attached hydrogens (tertiary/aromatic N) is 2. The summed E-state index contributed by atoms with van der Waals surface area (Å²) in [7, 11) is 0. The van der Waals surface area contributed by atoms with Crippen molar-refractivity contribution in [3.05, 3.63) is 35.1 Å². The average molecular weight is 262 g/mol. The van der Waals surface area contributed by atoms with Crippen molar-refractivity contribution in [2.24, 2.45) is 5.41 Å². The van der Waals surface area contributed by atoms with Gasteiger partial charge in [-0.1, -0.05) is 26.8 Å². The van der Waals surface area contributed by atoms with Crippen LogP contribution in [0.15, 0.2) is 18.2 Å². The van der Waals surface area contributed by atoms with Crippen molar-refractivity contribution < 1.29 is 9.18 Å². The normalized spacial score (nSPS) is 10.9. The Bertz CT molecular complexity index is 512. The van der Waals surface area contributed by atoms with Crippen LogP contribution in [0, 0.1) is 22.6 Å². The van der Waals surface area contributed by atoms with Crippen molar-refractivity contribution in [1.29, 1.82) is 5.26 Å². The van der Waals surface area contributed by atoms with E-state index in [-0.39, 0.29) is 18.0 Å². The fraction of sp³-hybridized carbons (Fsp3) is 0.467. The number of amides is 1. The number of benzene rings is 1. The molecule has 0 radical (unpaired) electrons. The van der Waals surface area contributed by atoms with Gasteiger partial charge in [-0.15, -0.1) is 0 Å². The molecule has 3 nitrogen and oxygen atoms in total. The zero-order valence-corrected chi connectivity index (χ0v) is 11.8. The van der Waals surface area contributed by atoms with E-state index in [2.05, 4.69) is 0 Å². The summed E-state index contributed by atoms with van der Waals surface area (Å²) in [5.74, 6) is -0.460. The third-order valence-electron chi connectivity index (χ3n) is 2.85. The summed E-state index contributed by atoms with van der Waals surface area (Å²) in [5, 5.41) is 8.69. The summed E-state index contributed by atoms with van der Waals surface area (Å²) >= 11 is 0. The maximum atomic E-state index is 13.8. The molecular weight excluding hydrogens is 243 g/mol.